The molecule has 38 heavy (non-hydrogen) atoms. The van der Waals surface area contributed by atoms with Crippen molar-refractivity contribution < 1.29 is 23.8 Å². The number of carbonyl (C=O) groups is 2. The molecule has 0 aliphatic heterocycles. The van der Waals surface area contributed by atoms with Crippen LogP contribution in [-0.4, -0.2) is 25.7 Å². The number of anilines is 1. The van der Waals surface area contributed by atoms with Crippen LogP contribution in [-0.2, 0) is 24.4 Å². The summed E-state index contributed by atoms with van der Waals surface area (Å²) in [6.07, 6.45) is 0.576. The lowest BCUT2D eigenvalue weighted by molar-refractivity contribution is 0.0602. The Bertz CT molecular complexity index is 1340. The van der Waals surface area contributed by atoms with Crippen LogP contribution in [0, 0.1) is 0 Å². The summed E-state index contributed by atoms with van der Waals surface area (Å²) < 4.78 is 17.0. The molecule has 2 amide bonds. The summed E-state index contributed by atoms with van der Waals surface area (Å²) in [7, 11) is 1.30. The van der Waals surface area contributed by atoms with Crippen molar-refractivity contribution in [3.63, 3.8) is 0 Å². The zero-order chi connectivity index (χ0) is 26.6. The zero-order valence-electron chi connectivity index (χ0n) is 21.2. The number of hydrogen-bond acceptors (Lipinski definition) is 5. The molecule has 194 valence electrons. The molecule has 0 saturated heterocycles. The van der Waals surface area contributed by atoms with Crippen molar-refractivity contribution >= 4 is 17.7 Å². The number of esters is 1. The predicted molar refractivity (Wildman–Crippen MR) is 146 cm³/mol. The predicted octanol–water partition coefficient (Wildman–Crippen LogP) is 6.00. The Kier molecular flexibility index (Phi) is 9.34. The number of ether oxygens (including phenoxy) is 3. The Hall–Kier alpha value is -4.78. The van der Waals surface area contributed by atoms with Crippen molar-refractivity contribution in [3.05, 3.63) is 125 Å². The maximum atomic E-state index is 12.4. The van der Waals surface area contributed by atoms with E-state index in [0.29, 0.717) is 43.4 Å². The normalized spacial score (nSPS) is 10.3. The van der Waals surface area contributed by atoms with Crippen LogP contribution in [0.5, 0.6) is 11.5 Å². The molecule has 4 aromatic rings. The summed E-state index contributed by atoms with van der Waals surface area (Å²) in [4.78, 5) is 24.4. The molecule has 0 atom stereocenters. The number of methoxy groups -OCH3 is 1. The highest BCUT2D eigenvalue weighted by atomic mass is 16.5. The van der Waals surface area contributed by atoms with Gasteiger partial charge in [0.1, 0.15) is 13.2 Å². The van der Waals surface area contributed by atoms with Crippen LogP contribution in [0.2, 0.25) is 0 Å². The molecule has 0 unspecified atom stereocenters. The Morgan fingerprint density at radius 3 is 1.95 bits per heavy atom. The lowest BCUT2D eigenvalue weighted by Crippen LogP contribution is -2.31. The lowest BCUT2D eigenvalue weighted by atomic mass is 10.1. The molecular weight excluding hydrogens is 480 g/mol. The van der Waals surface area contributed by atoms with Gasteiger partial charge in [0.2, 0.25) is 0 Å². The lowest BCUT2D eigenvalue weighted by Gasteiger charge is -2.15. The number of urea groups is 1. The summed E-state index contributed by atoms with van der Waals surface area (Å²) in [5, 5.41) is 5.54. The van der Waals surface area contributed by atoms with Gasteiger partial charge in [-0.1, -0.05) is 78.9 Å². The van der Waals surface area contributed by atoms with Gasteiger partial charge >= 0.3 is 12.0 Å². The van der Waals surface area contributed by atoms with Crippen LogP contribution in [0.15, 0.2) is 103 Å². The summed E-state index contributed by atoms with van der Waals surface area (Å²) in [5.41, 5.74) is 3.77. The maximum absolute atomic E-state index is 12.4. The number of nitrogens with one attached hydrogen (secondary N) is 2. The van der Waals surface area contributed by atoms with Gasteiger partial charge in [0.05, 0.1) is 18.4 Å². The highest BCUT2D eigenvalue weighted by Crippen LogP contribution is 2.30. The molecule has 0 radical (unpaired) electrons. The van der Waals surface area contributed by atoms with Crippen LogP contribution < -0.4 is 20.1 Å². The molecular formula is C31H30N2O5. The van der Waals surface area contributed by atoms with Gasteiger partial charge in [-0.05, 0) is 47.4 Å². The van der Waals surface area contributed by atoms with E-state index in [9.17, 15) is 9.59 Å². The van der Waals surface area contributed by atoms with E-state index in [-0.39, 0.29) is 5.56 Å². The van der Waals surface area contributed by atoms with Gasteiger partial charge in [-0.15, -0.1) is 0 Å². The van der Waals surface area contributed by atoms with Gasteiger partial charge in [-0.25, -0.2) is 9.59 Å². The number of para-hydroxylation sites is 1. The van der Waals surface area contributed by atoms with Crippen molar-refractivity contribution in [2.75, 3.05) is 19.0 Å². The summed E-state index contributed by atoms with van der Waals surface area (Å²) in [6.45, 7) is 1.22. The SMILES string of the molecule is COC(=O)c1ccccc1NC(=O)NCCc1ccc(OCc2ccccc2)c(OCc2ccccc2)c1. The first-order valence-electron chi connectivity index (χ1n) is 12.3. The van der Waals surface area contributed by atoms with Crippen molar-refractivity contribution in [2.24, 2.45) is 0 Å². The van der Waals surface area contributed by atoms with Gasteiger partial charge in [0.25, 0.3) is 0 Å². The average Bonchev–Trinajstić information content (AvgIpc) is 2.96. The molecule has 2 N–H and O–H groups in total. The first kappa shape index (κ1) is 26.3. The second-order valence-corrected chi connectivity index (χ2v) is 8.50. The molecule has 0 bridgehead atoms. The van der Waals surface area contributed by atoms with Crippen LogP contribution in [0.3, 0.4) is 0 Å². The van der Waals surface area contributed by atoms with Crippen LogP contribution in [0.1, 0.15) is 27.0 Å². The van der Waals surface area contributed by atoms with E-state index in [0.717, 1.165) is 16.7 Å². The third-order valence-corrected chi connectivity index (χ3v) is 5.76. The summed E-state index contributed by atoms with van der Waals surface area (Å²) in [5.74, 6) is 0.774. The minimum atomic E-state index is -0.515. The third-order valence-electron chi connectivity index (χ3n) is 5.76. The van der Waals surface area contributed by atoms with Crippen LogP contribution in [0.4, 0.5) is 10.5 Å². The van der Waals surface area contributed by atoms with E-state index >= 15 is 0 Å². The van der Waals surface area contributed by atoms with Gasteiger partial charge in [-0.3, -0.25) is 0 Å². The van der Waals surface area contributed by atoms with Gasteiger partial charge in [0.15, 0.2) is 11.5 Å². The molecule has 0 aliphatic rings. The Balaban J connectivity index is 1.38. The molecule has 0 spiro atoms. The molecule has 0 aromatic heterocycles. The molecule has 7 nitrogen and oxygen atoms in total. The fourth-order valence-electron chi connectivity index (χ4n) is 3.78. The number of hydrogen-bond donors (Lipinski definition) is 2. The molecule has 4 rings (SSSR count). The van der Waals surface area contributed by atoms with Crippen molar-refractivity contribution in [3.8, 4) is 11.5 Å². The molecule has 0 aliphatic carbocycles. The highest BCUT2D eigenvalue weighted by Gasteiger charge is 2.13. The minimum Gasteiger partial charge on any atom is -0.485 e. The van der Waals surface area contributed by atoms with Crippen molar-refractivity contribution in [1.29, 1.82) is 0 Å². The molecule has 0 heterocycles. The standard InChI is InChI=1S/C31H30N2O5/c1-36-30(34)26-14-8-9-15-27(26)33-31(35)32-19-18-23-16-17-28(37-21-24-10-4-2-5-11-24)29(20-23)38-22-25-12-6-3-7-13-25/h2-17,20H,18-19,21-22H2,1H3,(H2,32,33,35). The largest absolute Gasteiger partial charge is 0.485 e. The second kappa shape index (κ2) is 13.5. The van der Waals surface area contributed by atoms with E-state index < -0.39 is 12.0 Å². The minimum absolute atomic E-state index is 0.288. The maximum Gasteiger partial charge on any atom is 0.339 e. The zero-order valence-corrected chi connectivity index (χ0v) is 21.2. The molecule has 7 heteroatoms. The Morgan fingerprint density at radius 2 is 1.29 bits per heavy atom. The van der Waals surface area contributed by atoms with E-state index in [2.05, 4.69) is 10.6 Å². The van der Waals surface area contributed by atoms with Gasteiger partial charge in [-0.2, -0.15) is 0 Å². The van der Waals surface area contributed by atoms with Crippen molar-refractivity contribution in [1.82, 2.24) is 5.32 Å². The van der Waals surface area contributed by atoms with Gasteiger partial charge < -0.3 is 24.8 Å². The van der Waals surface area contributed by atoms with E-state index in [1.54, 1.807) is 24.3 Å². The highest BCUT2D eigenvalue weighted by molar-refractivity contribution is 6.00. The Labute approximate surface area is 222 Å². The number of amides is 2. The Morgan fingerprint density at radius 1 is 0.684 bits per heavy atom. The first-order valence-corrected chi connectivity index (χ1v) is 12.3. The summed E-state index contributed by atoms with van der Waals surface area (Å²) in [6, 6.07) is 32.0. The van der Waals surface area contributed by atoms with E-state index in [4.69, 9.17) is 14.2 Å². The fraction of sp³-hybridized carbons (Fsp3) is 0.161. The van der Waals surface area contributed by atoms with E-state index in [1.165, 1.54) is 7.11 Å². The van der Waals surface area contributed by atoms with Crippen molar-refractivity contribution in [2.45, 2.75) is 19.6 Å². The smallest absolute Gasteiger partial charge is 0.339 e. The number of benzene rings is 4. The number of rotatable bonds is 11. The molecule has 4 aromatic carbocycles. The molecule has 0 saturated carbocycles. The monoisotopic (exact) mass is 510 g/mol. The molecule has 0 fully saturated rings. The van der Waals surface area contributed by atoms with Crippen LogP contribution >= 0.6 is 0 Å². The second-order valence-electron chi connectivity index (χ2n) is 8.50. The summed E-state index contributed by atoms with van der Waals surface area (Å²) >= 11 is 0. The number of carbonyl (C=O) groups excluding carboxylic acids is 2. The first-order chi connectivity index (χ1) is 18.6. The average molecular weight is 511 g/mol. The van der Waals surface area contributed by atoms with Crippen LogP contribution in [0.25, 0.3) is 0 Å². The van der Waals surface area contributed by atoms with E-state index in [1.807, 2.05) is 78.9 Å². The fourth-order valence-corrected chi connectivity index (χ4v) is 3.78. The quantitative estimate of drug-likeness (QED) is 0.242. The topological polar surface area (TPSA) is 85.9 Å². The third kappa shape index (κ3) is 7.61. The van der Waals surface area contributed by atoms with Gasteiger partial charge in [0, 0.05) is 6.54 Å².